The number of carbonyl (C=O) groups is 3. The molecule has 0 radical (unpaired) electrons. The molecule has 0 bridgehead atoms. The van der Waals surface area contributed by atoms with Gasteiger partial charge in [-0.25, -0.2) is 0 Å². The van der Waals surface area contributed by atoms with Crippen LogP contribution in [-0.4, -0.2) is 61.1 Å². The van der Waals surface area contributed by atoms with Crippen LogP contribution in [-0.2, 0) is 9.53 Å². The van der Waals surface area contributed by atoms with Crippen molar-refractivity contribution in [3.05, 3.63) is 59.7 Å². The highest BCUT2D eigenvalue weighted by Crippen LogP contribution is 2.32. The predicted molar refractivity (Wildman–Crippen MR) is 123 cm³/mol. The van der Waals surface area contributed by atoms with Crippen LogP contribution in [0.3, 0.4) is 0 Å². The van der Waals surface area contributed by atoms with Gasteiger partial charge in [-0.15, -0.1) is 0 Å². The molecule has 2 N–H and O–H groups in total. The number of fused-ring (bicyclic) bond motifs is 2. The Balaban J connectivity index is 1.49. The Morgan fingerprint density at radius 3 is 2.67 bits per heavy atom. The van der Waals surface area contributed by atoms with Gasteiger partial charge in [0.15, 0.2) is 0 Å². The number of benzene rings is 2. The summed E-state index contributed by atoms with van der Waals surface area (Å²) < 4.78 is 12.1. The number of rotatable bonds is 5. The van der Waals surface area contributed by atoms with Crippen LogP contribution < -0.4 is 15.4 Å². The minimum absolute atomic E-state index is 0.0347. The summed E-state index contributed by atoms with van der Waals surface area (Å²) in [5, 5.41) is 5.64. The summed E-state index contributed by atoms with van der Waals surface area (Å²) in [6, 6.07) is 13.8. The second-order valence-corrected chi connectivity index (χ2v) is 8.36. The molecule has 2 aromatic rings. The van der Waals surface area contributed by atoms with E-state index in [1.807, 2.05) is 13.0 Å². The van der Waals surface area contributed by atoms with Crippen molar-refractivity contribution in [3.63, 3.8) is 0 Å². The molecular formula is C25H29N3O5. The van der Waals surface area contributed by atoms with Crippen molar-refractivity contribution in [2.24, 2.45) is 0 Å². The number of nitrogens with zero attached hydrogens (tertiary/aromatic N) is 1. The molecule has 2 aliphatic heterocycles. The van der Waals surface area contributed by atoms with Gasteiger partial charge in [-0.2, -0.15) is 0 Å². The van der Waals surface area contributed by atoms with Crippen molar-refractivity contribution in [1.29, 1.82) is 0 Å². The molecule has 3 atom stereocenters. The number of likely N-dealkylation sites (N-methyl/N-ethyl adjacent to an activating group) is 1. The highest BCUT2D eigenvalue weighted by Gasteiger charge is 2.39. The highest BCUT2D eigenvalue weighted by molar-refractivity contribution is 6.05. The van der Waals surface area contributed by atoms with E-state index in [2.05, 4.69) is 10.6 Å². The van der Waals surface area contributed by atoms with Gasteiger partial charge in [0, 0.05) is 24.8 Å². The molecule has 33 heavy (non-hydrogen) atoms. The molecule has 174 valence electrons. The van der Waals surface area contributed by atoms with E-state index in [4.69, 9.17) is 9.47 Å². The summed E-state index contributed by atoms with van der Waals surface area (Å²) in [7, 11) is 1.76. The zero-order valence-electron chi connectivity index (χ0n) is 18.9. The first-order valence-corrected chi connectivity index (χ1v) is 11.3. The van der Waals surface area contributed by atoms with E-state index >= 15 is 0 Å². The summed E-state index contributed by atoms with van der Waals surface area (Å²) in [5.74, 6) is -0.0340. The van der Waals surface area contributed by atoms with Crippen LogP contribution in [0.1, 0.15) is 46.9 Å². The second kappa shape index (κ2) is 10.0. The van der Waals surface area contributed by atoms with Crippen LogP contribution in [0.4, 0.5) is 5.69 Å². The molecule has 8 nitrogen and oxygen atoms in total. The lowest BCUT2D eigenvalue weighted by atomic mass is 9.94. The van der Waals surface area contributed by atoms with Crippen LogP contribution in [0.15, 0.2) is 48.5 Å². The molecule has 1 fully saturated rings. The lowest BCUT2D eigenvalue weighted by molar-refractivity contribution is -0.133. The van der Waals surface area contributed by atoms with Crippen molar-refractivity contribution < 1.29 is 23.9 Å². The first-order valence-electron chi connectivity index (χ1n) is 11.3. The van der Waals surface area contributed by atoms with Crippen molar-refractivity contribution >= 4 is 23.4 Å². The van der Waals surface area contributed by atoms with Gasteiger partial charge >= 0.3 is 0 Å². The highest BCUT2D eigenvalue weighted by atomic mass is 16.5. The largest absolute Gasteiger partial charge is 0.490 e. The van der Waals surface area contributed by atoms with E-state index in [-0.39, 0.29) is 42.6 Å². The van der Waals surface area contributed by atoms with Crippen LogP contribution in [0.25, 0.3) is 0 Å². The number of amides is 3. The van der Waals surface area contributed by atoms with Gasteiger partial charge in [-0.1, -0.05) is 18.2 Å². The maximum atomic E-state index is 13.3. The van der Waals surface area contributed by atoms with Gasteiger partial charge in [-0.3, -0.25) is 14.4 Å². The topological polar surface area (TPSA) is 97.0 Å². The van der Waals surface area contributed by atoms with Crippen molar-refractivity contribution in [2.75, 3.05) is 25.5 Å². The van der Waals surface area contributed by atoms with E-state index < -0.39 is 0 Å². The molecular weight excluding hydrogens is 422 g/mol. The summed E-state index contributed by atoms with van der Waals surface area (Å²) in [6.07, 6.45) is 1.20. The average molecular weight is 452 g/mol. The molecule has 2 heterocycles. The van der Waals surface area contributed by atoms with Crippen molar-refractivity contribution in [2.45, 2.75) is 44.4 Å². The molecule has 8 heteroatoms. The first-order chi connectivity index (χ1) is 16.0. The SMILES string of the molecule is CCNC(=O)C[C@@H]1CC[C@@H]2[C@@H](COc3ccc(NC(=O)c4ccccc4)cc3C(=O)N2C)O1. The Bertz CT molecular complexity index is 1030. The molecule has 3 amide bonds. The quantitative estimate of drug-likeness (QED) is 0.729. The third-order valence-corrected chi connectivity index (χ3v) is 6.09. The maximum Gasteiger partial charge on any atom is 0.257 e. The lowest BCUT2D eigenvalue weighted by Crippen LogP contribution is -2.54. The van der Waals surface area contributed by atoms with E-state index in [1.54, 1.807) is 54.4 Å². The fourth-order valence-electron chi connectivity index (χ4n) is 4.37. The molecule has 0 aliphatic carbocycles. The normalized spacial score (nSPS) is 22.2. The fourth-order valence-corrected chi connectivity index (χ4v) is 4.37. The Morgan fingerprint density at radius 1 is 1.12 bits per heavy atom. The molecule has 1 saturated heterocycles. The first kappa shape index (κ1) is 22.8. The summed E-state index contributed by atoms with van der Waals surface area (Å²) in [5.41, 5.74) is 1.45. The summed E-state index contributed by atoms with van der Waals surface area (Å²) in [6.45, 7) is 2.74. The molecule has 0 aromatic heterocycles. The van der Waals surface area contributed by atoms with Gasteiger partial charge < -0.3 is 25.0 Å². The van der Waals surface area contributed by atoms with Gasteiger partial charge in [-0.05, 0) is 50.1 Å². The second-order valence-electron chi connectivity index (χ2n) is 8.36. The molecule has 4 rings (SSSR count). The Labute approximate surface area is 193 Å². The average Bonchev–Trinajstić information content (AvgIpc) is 2.82. The number of carbonyl (C=O) groups excluding carboxylic acids is 3. The van der Waals surface area contributed by atoms with Gasteiger partial charge in [0.25, 0.3) is 11.8 Å². The van der Waals surface area contributed by atoms with E-state index in [0.717, 1.165) is 6.42 Å². The van der Waals surface area contributed by atoms with Crippen molar-refractivity contribution in [1.82, 2.24) is 10.2 Å². The smallest absolute Gasteiger partial charge is 0.257 e. The van der Waals surface area contributed by atoms with E-state index in [1.165, 1.54) is 0 Å². The van der Waals surface area contributed by atoms with Crippen molar-refractivity contribution in [3.8, 4) is 5.75 Å². The Kier molecular flexibility index (Phi) is 6.93. The molecule has 2 aromatic carbocycles. The predicted octanol–water partition coefficient (Wildman–Crippen LogP) is 2.85. The molecule has 0 unspecified atom stereocenters. The standard InChI is InChI=1S/C25H29N3O5/c1-3-26-23(29)14-18-10-11-20-22(33-18)15-32-21-12-9-17(13-19(21)25(31)28(20)2)27-24(30)16-7-5-4-6-8-16/h4-9,12-13,18,20,22H,3,10-11,14-15H2,1-2H3,(H,26,29)(H,27,30)/t18-,20+,22+/m0/s1. The number of hydrogen-bond acceptors (Lipinski definition) is 5. The monoisotopic (exact) mass is 451 g/mol. The Morgan fingerprint density at radius 2 is 1.91 bits per heavy atom. The number of anilines is 1. The number of ether oxygens (including phenoxy) is 2. The molecule has 0 saturated carbocycles. The van der Waals surface area contributed by atoms with Crippen LogP contribution in [0.2, 0.25) is 0 Å². The lowest BCUT2D eigenvalue weighted by Gasteiger charge is -2.42. The zero-order valence-corrected chi connectivity index (χ0v) is 18.9. The third kappa shape index (κ3) is 5.17. The molecule has 2 aliphatic rings. The van der Waals surface area contributed by atoms with Gasteiger partial charge in [0.05, 0.1) is 24.1 Å². The third-order valence-electron chi connectivity index (χ3n) is 6.09. The van der Waals surface area contributed by atoms with Gasteiger partial charge in [0.2, 0.25) is 5.91 Å². The Hall–Kier alpha value is -3.39. The fraction of sp³-hybridized carbons (Fsp3) is 0.400. The van der Waals surface area contributed by atoms with Gasteiger partial charge in [0.1, 0.15) is 18.5 Å². The van der Waals surface area contributed by atoms with Crippen LogP contribution in [0, 0.1) is 0 Å². The number of hydrogen-bond donors (Lipinski definition) is 2. The van der Waals surface area contributed by atoms with Crippen LogP contribution >= 0.6 is 0 Å². The molecule has 0 spiro atoms. The van der Waals surface area contributed by atoms with Crippen LogP contribution in [0.5, 0.6) is 5.75 Å². The minimum atomic E-state index is -0.322. The minimum Gasteiger partial charge on any atom is -0.490 e. The number of nitrogens with one attached hydrogen (secondary N) is 2. The zero-order chi connectivity index (χ0) is 23.4. The summed E-state index contributed by atoms with van der Waals surface area (Å²) in [4.78, 5) is 39.5. The summed E-state index contributed by atoms with van der Waals surface area (Å²) >= 11 is 0. The van der Waals surface area contributed by atoms with E-state index in [9.17, 15) is 14.4 Å². The van der Waals surface area contributed by atoms with E-state index in [0.29, 0.717) is 42.0 Å². The maximum absolute atomic E-state index is 13.3.